The first-order valence-corrected chi connectivity index (χ1v) is 3.97. The molecule has 1 amide bonds. The predicted molar refractivity (Wildman–Crippen MR) is 49.4 cm³/mol. The first-order valence-electron chi connectivity index (χ1n) is 3.97. The van der Waals surface area contributed by atoms with Crippen molar-refractivity contribution in [3.05, 3.63) is 30.7 Å². The summed E-state index contributed by atoms with van der Waals surface area (Å²) >= 11 is 0. The van der Waals surface area contributed by atoms with E-state index < -0.39 is 0 Å². The highest BCUT2D eigenvalue weighted by Crippen LogP contribution is 2.24. The number of hydrogen-bond acceptors (Lipinski definition) is 4. The molecule has 1 heterocycles. The molecule has 0 saturated heterocycles. The smallest absolute Gasteiger partial charge is 0.249 e. The van der Waals surface area contributed by atoms with E-state index in [2.05, 4.69) is 15.5 Å². The van der Waals surface area contributed by atoms with Crippen LogP contribution < -0.4 is 5.32 Å². The van der Waals surface area contributed by atoms with Crippen LogP contribution in [0, 0.1) is 0 Å². The highest BCUT2D eigenvalue weighted by molar-refractivity contribution is 5.81. The summed E-state index contributed by atoms with van der Waals surface area (Å²) in [7, 11) is 0. The summed E-state index contributed by atoms with van der Waals surface area (Å²) in [5, 5.41) is 9.88. The van der Waals surface area contributed by atoms with Gasteiger partial charge in [-0.2, -0.15) is 0 Å². The molecule has 70 valence electrons. The number of aromatic nitrogens is 2. The average molecular weight is 189 g/mol. The highest BCUT2D eigenvalue weighted by atomic mass is 16.4. The van der Waals surface area contributed by atoms with Crippen LogP contribution in [0.2, 0.25) is 0 Å². The van der Waals surface area contributed by atoms with Crippen LogP contribution in [-0.4, -0.2) is 16.6 Å². The number of anilines is 1. The fourth-order valence-electron chi connectivity index (χ4n) is 1.15. The second-order valence-corrected chi connectivity index (χ2v) is 2.55. The van der Waals surface area contributed by atoms with E-state index in [1.807, 2.05) is 12.1 Å². The van der Waals surface area contributed by atoms with Gasteiger partial charge in [-0.15, -0.1) is 10.2 Å². The molecule has 0 radical (unpaired) electrons. The molecule has 5 heteroatoms. The molecule has 0 unspecified atom stereocenters. The molecule has 1 aromatic heterocycles. The summed E-state index contributed by atoms with van der Waals surface area (Å²) in [6, 6.07) is 7.19. The van der Waals surface area contributed by atoms with Gasteiger partial charge in [0.1, 0.15) is 0 Å². The lowest BCUT2D eigenvalue weighted by atomic mass is 10.2. The normalized spacial score (nSPS) is 9.71. The molecule has 2 rings (SSSR count). The number of amides is 1. The van der Waals surface area contributed by atoms with Crippen LogP contribution in [0.4, 0.5) is 5.69 Å². The van der Waals surface area contributed by atoms with Crippen molar-refractivity contribution in [2.45, 2.75) is 0 Å². The Kier molecular flexibility index (Phi) is 2.22. The van der Waals surface area contributed by atoms with Crippen LogP contribution in [0.5, 0.6) is 0 Å². The predicted octanol–water partition coefficient (Wildman–Crippen LogP) is 1.30. The second-order valence-electron chi connectivity index (χ2n) is 2.55. The molecule has 5 nitrogen and oxygen atoms in total. The van der Waals surface area contributed by atoms with Gasteiger partial charge in [-0.05, 0) is 12.1 Å². The maximum absolute atomic E-state index is 10.3. The molecule has 1 aromatic carbocycles. The molecular formula is C9H7N3O2. The second kappa shape index (κ2) is 3.69. The van der Waals surface area contributed by atoms with Crippen molar-refractivity contribution in [2.75, 3.05) is 5.32 Å². The summed E-state index contributed by atoms with van der Waals surface area (Å²) in [4.78, 5) is 10.3. The Morgan fingerprint density at radius 3 is 2.93 bits per heavy atom. The van der Waals surface area contributed by atoms with Gasteiger partial charge in [0.15, 0.2) is 0 Å². The van der Waals surface area contributed by atoms with Gasteiger partial charge in [-0.25, -0.2) is 0 Å². The lowest BCUT2D eigenvalue weighted by molar-refractivity contribution is -0.105. The maximum atomic E-state index is 10.3. The SMILES string of the molecule is O=CNc1ccccc1-c1nnco1. The third kappa shape index (κ3) is 1.47. The van der Waals surface area contributed by atoms with E-state index in [9.17, 15) is 4.79 Å². The van der Waals surface area contributed by atoms with E-state index in [0.29, 0.717) is 23.6 Å². The Morgan fingerprint density at radius 1 is 1.36 bits per heavy atom. The van der Waals surface area contributed by atoms with Crippen molar-refractivity contribution in [3.8, 4) is 11.5 Å². The Balaban J connectivity index is 2.46. The van der Waals surface area contributed by atoms with Crippen molar-refractivity contribution in [3.63, 3.8) is 0 Å². The highest BCUT2D eigenvalue weighted by Gasteiger charge is 2.07. The van der Waals surface area contributed by atoms with Crippen molar-refractivity contribution >= 4 is 12.1 Å². The number of nitrogens with zero attached hydrogens (tertiary/aromatic N) is 2. The Hall–Kier alpha value is -2.17. The van der Waals surface area contributed by atoms with Crippen LogP contribution in [-0.2, 0) is 4.79 Å². The molecule has 14 heavy (non-hydrogen) atoms. The van der Waals surface area contributed by atoms with Crippen molar-refractivity contribution in [1.29, 1.82) is 0 Å². The molecule has 0 atom stereocenters. The summed E-state index contributed by atoms with van der Waals surface area (Å²) < 4.78 is 5.03. The Bertz CT molecular complexity index is 425. The minimum absolute atomic E-state index is 0.384. The van der Waals surface area contributed by atoms with E-state index in [1.165, 1.54) is 6.39 Å². The quantitative estimate of drug-likeness (QED) is 0.739. The van der Waals surface area contributed by atoms with Gasteiger partial charge < -0.3 is 9.73 Å². The number of carbonyl (C=O) groups excluding carboxylic acids is 1. The molecule has 0 saturated carbocycles. The van der Waals surface area contributed by atoms with Crippen LogP contribution in [0.15, 0.2) is 35.1 Å². The summed E-state index contributed by atoms with van der Waals surface area (Å²) in [6.45, 7) is 0. The zero-order valence-corrected chi connectivity index (χ0v) is 7.18. The summed E-state index contributed by atoms with van der Waals surface area (Å²) in [5.74, 6) is 0.384. The van der Waals surface area contributed by atoms with Crippen LogP contribution in [0.25, 0.3) is 11.5 Å². The third-order valence-corrected chi connectivity index (χ3v) is 1.73. The van der Waals surface area contributed by atoms with E-state index in [4.69, 9.17) is 4.42 Å². The monoisotopic (exact) mass is 189 g/mol. The third-order valence-electron chi connectivity index (χ3n) is 1.73. The number of nitrogens with one attached hydrogen (secondary N) is 1. The Morgan fingerprint density at radius 2 is 2.21 bits per heavy atom. The van der Waals surface area contributed by atoms with Crippen molar-refractivity contribution < 1.29 is 9.21 Å². The van der Waals surface area contributed by atoms with E-state index >= 15 is 0 Å². The van der Waals surface area contributed by atoms with Gasteiger partial charge in [-0.1, -0.05) is 12.1 Å². The maximum Gasteiger partial charge on any atom is 0.249 e. The van der Waals surface area contributed by atoms with Gasteiger partial charge >= 0.3 is 0 Å². The molecule has 0 aliphatic carbocycles. The first-order chi connectivity index (χ1) is 6.92. The number of benzene rings is 1. The van der Waals surface area contributed by atoms with E-state index in [1.54, 1.807) is 12.1 Å². The Labute approximate surface area is 79.8 Å². The minimum atomic E-state index is 0.384. The fraction of sp³-hybridized carbons (Fsp3) is 0. The molecular weight excluding hydrogens is 182 g/mol. The lowest BCUT2D eigenvalue weighted by Crippen LogP contribution is -1.95. The number of hydrogen-bond donors (Lipinski definition) is 1. The molecule has 0 fully saturated rings. The zero-order valence-electron chi connectivity index (χ0n) is 7.18. The summed E-state index contributed by atoms with van der Waals surface area (Å²) in [6.07, 6.45) is 1.85. The summed E-state index contributed by atoms with van der Waals surface area (Å²) in [5.41, 5.74) is 1.35. The van der Waals surface area contributed by atoms with Crippen LogP contribution in [0.3, 0.4) is 0 Å². The standard InChI is InChI=1S/C9H7N3O2/c13-5-10-8-4-2-1-3-7(8)9-12-11-6-14-9/h1-6H,(H,10,13). The van der Waals surface area contributed by atoms with Gasteiger partial charge in [0.25, 0.3) is 0 Å². The number of para-hydroxylation sites is 1. The average Bonchev–Trinajstić information content (AvgIpc) is 2.72. The van der Waals surface area contributed by atoms with E-state index in [-0.39, 0.29) is 0 Å². The van der Waals surface area contributed by atoms with Gasteiger partial charge in [0, 0.05) is 0 Å². The molecule has 0 bridgehead atoms. The molecule has 0 aliphatic rings. The largest absolute Gasteiger partial charge is 0.423 e. The number of carbonyl (C=O) groups is 1. The van der Waals surface area contributed by atoms with Crippen molar-refractivity contribution in [1.82, 2.24) is 10.2 Å². The lowest BCUT2D eigenvalue weighted by Gasteiger charge is -2.02. The minimum Gasteiger partial charge on any atom is -0.423 e. The zero-order chi connectivity index (χ0) is 9.80. The van der Waals surface area contributed by atoms with E-state index in [0.717, 1.165) is 0 Å². The molecule has 0 spiro atoms. The van der Waals surface area contributed by atoms with Crippen molar-refractivity contribution in [2.24, 2.45) is 0 Å². The van der Waals surface area contributed by atoms with Gasteiger partial charge in [0.05, 0.1) is 11.3 Å². The number of rotatable bonds is 3. The van der Waals surface area contributed by atoms with Gasteiger partial charge in [0.2, 0.25) is 18.7 Å². The molecule has 2 aromatic rings. The van der Waals surface area contributed by atoms with Crippen LogP contribution in [0.1, 0.15) is 0 Å². The fourth-order valence-corrected chi connectivity index (χ4v) is 1.15. The molecule has 0 aliphatic heterocycles. The van der Waals surface area contributed by atoms with Crippen LogP contribution >= 0.6 is 0 Å². The van der Waals surface area contributed by atoms with Gasteiger partial charge in [-0.3, -0.25) is 4.79 Å². The molecule has 1 N–H and O–H groups in total. The first kappa shape index (κ1) is 8.43. The topological polar surface area (TPSA) is 68.0 Å².